The quantitative estimate of drug-likeness (QED) is 0.746. The Hall–Kier alpha value is -1.75. The zero-order valence-electron chi connectivity index (χ0n) is 11.1. The molecule has 1 amide bonds. The molecule has 0 atom stereocenters. The highest BCUT2D eigenvalue weighted by Gasteiger charge is 2.07. The Morgan fingerprint density at radius 1 is 1.22 bits per heavy atom. The molecule has 0 saturated carbocycles. The van der Waals surface area contributed by atoms with Crippen molar-refractivity contribution in [2.24, 2.45) is 0 Å². The fourth-order valence-corrected chi connectivity index (χ4v) is 1.33. The number of carbonyl (C=O) groups excluding carboxylic acids is 1. The highest BCUT2D eigenvalue weighted by molar-refractivity contribution is 5.77. The number of para-hydroxylation sites is 2. The van der Waals surface area contributed by atoms with Crippen molar-refractivity contribution in [3.05, 3.63) is 24.3 Å². The first-order valence-electron chi connectivity index (χ1n) is 5.95. The van der Waals surface area contributed by atoms with E-state index >= 15 is 0 Å². The van der Waals surface area contributed by atoms with Crippen LogP contribution in [0.15, 0.2) is 24.3 Å². The Morgan fingerprint density at radius 3 is 2.39 bits per heavy atom. The van der Waals surface area contributed by atoms with Crippen LogP contribution in [0.1, 0.15) is 13.3 Å². The van der Waals surface area contributed by atoms with Crippen molar-refractivity contribution in [2.45, 2.75) is 13.3 Å². The summed E-state index contributed by atoms with van der Waals surface area (Å²) in [5, 5.41) is 1.57. The molecule has 0 unspecified atom stereocenters. The van der Waals surface area contributed by atoms with Crippen LogP contribution in [0, 0.1) is 0 Å². The zero-order chi connectivity index (χ0) is 13.4. The fourth-order valence-electron chi connectivity index (χ4n) is 1.33. The molecule has 1 rings (SSSR count). The van der Waals surface area contributed by atoms with Gasteiger partial charge in [-0.05, 0) is 18.6 Å². The van der Waals surface area contributed by atoms with Crippen molar-refractivity contribution < 1.29 is 14.3 Å². The number of nitrogens with one attached hydrogen (secondary N) is 1. The maximum atomic E-state index is 11.4. The van der Waals surface area contributed by atoms with Gasteiger partial charge in [-0.15, -0.1) is 0 Å². The molecule has 1 aromatic carbocycles. The number of hydrogen-bond acceptors (Lipinski definition) is 4. The number of hydrazine groups is 1. The minimum absolute atomic E-state index is 0.0370. The average Bonchev–Trinajstić information content (AvgIpc) is 2.34. The average molecular weight is 252 g/mol. The summed E-state index contributed by atoms with van der Waals surface area (Å²) in [6.07, 6.45) is 0.926. The molecular weight excluding hydrogens is 232 g/mol. The van der Waals surface area contributed by atoms with E-state index in [1.165, 1.54) is 0 Å². The summed E-state index contributed by atoms with van der Waals surface area (Å²) in [6.45, 7) is 2.63. The lowest BCUT2D eigenvalue weighted by atomic mass is 10.3. The summed E-state index contributed by atoms with van der Waals surface area (Å²) in [5.74, 6) is 1.04. The SMILES string of the molecule is CCCOc1ccccc1OCC(=O)NN(C)C. The number of carbonyl (C=O) groups is 1. The molecule has 100 valence electrons. The third-order valence-electron chi connectivity index (χ3n) is 2.02. The Balaban J connectivity index is 2.53. The molecule has 0 spiro atoms. The van der Waals surface area contributed by atoms with Gasteiger partial charge in [0.2, 0.25) is 0 Å². The Morgan fingerprint density at radius 2 is 1.83 bits per heavy atom. The predicted molar refractivity (Wildman–Crippen MR) is 69.6 cm³/mol. The van der Waals surface area contributed by atoms with Gasteiger partial charge < -0.3 is 9.47 Å². The van der Waals surface area contributed by atoms with Gasteiger partial charge in [0, 0.05) is 14.1 Å². The monoisotopic (exact) mass is 252 g/mol. The minimum Gasteiger partial charge on any atom is -0.490 e. The second-order valence-electron chi connectivity index (χ2n) is 4.01. The summed E-state index contributed by atoms with van der Waals surface area (Å²) < 4.78 is 11.0. The third-order valence-corrected chi connectivity index (χ3v) is 2.02. The van der Waals surface area contributed by atoms with E-state index in [-0.39, 0.29) is 12.5 Å². The maximum absolute atomic E-state index is 11.4. The van der Waals surface area contributed by atoms with Crippen LogP contribution in [-0.4, -0.2) is 38.2 Å². The highest BCUT2D eigenvalue weighted by Crippen LogP contribution is 2.26. The van der Waals surface area contributed by atoms with Gasteiger partial charge in [-0.25, -0.2) is 5.01 Å². The fraction of sp³-hybridized carbons (Fsp3) is 0.462. The first kappa shape index (κ1) is 14.3. The molecule has 1 N–H and O–H groups in total. The molecule has 5 nitrogen and oxygen atoms in total. The van der Waals surface area contributed by atoms with Crippen molar-refractivity contribution in [1.29, 1.82) is 0 Å². The van der Waals surface area contributed by atoms with Gasteiger partial charge in [-0.1, -0.05) is 19.1 Å². The molecule has 18 heavy (non-hydrogen) atoms. The van der Waals surface area contributed by atoms with Crippen molar-refractivity contribution in [1.82, 2.24) is 10.4 Å². The summed E-state index contributed by atoms with van der Waals surface area (Å²) in [5.41, 5.74) is 2.60. The lowest BCUT2D eigenvalue weighted by Crippen LogP contribution is -2.39. The molecule has 0 fully saturated rings. The van der Waals surface area contributed by atoms with Crippen molar-refractivity contribution in [2.75, 3.05) is 27.3 Å². The molecule has 0 aliphatic rings. The first-order chi connectivity index (χ1) is 8.63. The van der Waals surface area contributed by atoms with Gasteiger partial charge in [0.15, 0.2) is 18.1 Å². The first-order valence-corrected chi connectivity index (χ1v) is 5.95. The number of benzene rings is 1. The Bertz CT molecular complexity index is 380. The summed E-state index contributed by atoms with van der Waals surface area (Å²) in [4.78, 5) is 11.4. The topological polar surface area (TPSA) is 50.8 Å². The van der Waals surface area contributed by atoms with E-state index in [9.17, 15) is 4.79 Å². The van der Waals surface area contributed by atoms with E-state index in [0.29, 0.717) is 18.1 Å². The van der Waals surface area contributed by atoms with Gasteiger partial charge in [0.25, 0.3) is 5.91 Å². The second kappa shape index (κ2) is 7.55. The van der Waals surface area contributed by atoms with Crippen LogP contribution in [0.3, 0.4) is 0 Å². The van der Waals surface area contributed by atoms with Crippen LogP contribution in [-0.2, 0) is 4.79 Å². The van der Waals surface area contributed by atoms with E-state index in [0.717, 1.165) is 6.42 Å². The molecule has 0 radical (unpaired) electrons. The molecule has 0 saturated heterocycles. The van der Waals surface area contributed by atoms with E-state index in [1.54, 1.807) is 25.2 Å². The summed E-state index contributed by atoms with van der Waals surface area (Å²) >= 11 is 0. The predicted octanol–water partition coefficient (Wildman–Crippen LogP) is 1.45. The number of hydrogen-bond donors (Lipinski definition) is 1. The van der Waals surface area contributed by atoms with Crippen LogP contribution in [0.2, 0.25) is 0 Å². The lowest BCUT2D eigenvalue weighted by molar-refractivity contribution is -0.126. The largest absolute Gasteiger partial charge is 0.490 e. The van der Waals surface area contributed by atoms with Crippen LogP contribution in [0.4, 0.5) is 0 Å². The molecule has 0 bridgehead atoms. The summed E-state index contributed by atoms with van der Waals surface area (Å²) in [6, 6.07) is 7.33. The van der Waals surface area contributed by atoms with E-state index in [1.807, 2.05) is 25.1 Å². The lowest BCUT2D eigenvalue weighted by Gasteiger charge is -2.14. The van der Waals surface area contributed by atoms with Crippen LogP contribution >= 0.6 is 0 Å². The normalized spacial score (nSPS) is 10.2. The van der Waals surface area contributed by atoms with Crippen LogP contribution in [0.25, 0.3) is 0 Å². The molecule has 0 aromatic heterocycles. The van der Waals surface area contributed by atoms with Gasteiger partial charge in [-0.3, -0.25) is 10.2 Å². The second-order valence-corrected chi connectivity index (χ2v) is 4.01. The van der Waals surface area contributed by atoms with Gasteiger partial charge in [-0.2, -0.15) is 0 Å². The standard InChI is InChI=1S/C13H20N2O3/c1-4-9-17-11-7-5-6-8-12(11)18-10-13(16)14-15(2)3/h5-8H,4,9-10H2,1-3H3,(H,14,16). The van der Waals surface area contributed by atoms with Crippen molar-refractivity contribution >= 4 is 5.91 Å². The molecule has 5 heteroatoms. The van der Waals surface area contributed by atoms with Gasteiger partial charge in [0.05, 0.1) is 6.61 Å². The van der Waals surface area contributed by atoms with Crippen LogP contribution in [0.5, 0.6) is 11.5 Å². The Kier molecular flexibility index (Phi) is 6.00. The smallest absolute Gasteiger partial charge is 0.272 e. The molecular formula is C13H20N2O3. The van der Waals surface area contributed by atoms with Gasteiger partial charge in [0.1, 0.15) is 0 Å². The number of rotatable bonds is 7. The molecule has 1 aromatic rings. The van der Waals surface area contributed by atoms with E-state index in [2.05, 4.69) is 5.43 Å². The van der Waals surface area contributed by atoms with E-state index in [4.69, 9.17) is 9.47 Å². The van der Waals surface area contributed by atoms with Crippen molar-refractivity contribution in [3.63, 3.8) is 0 Å². The van der Waals surface area contributed by atoms with E-state index < -0.39 is 0 Å². The number of nitrogens with zero attached hydrogens (tertiary/aromatic N) is 1. The number of amides is 1. The minimum atomic E-state index is -0.203. The molecule has 0 aliphatic carbocycles. The van der Waals surface area contributed by atoms with Crippen molar-refractivity contribution in [3.8, 4) is 11.5 Å². The highest BCUT2D eigenvalue weighted by atomic mass is 16.5. The number of ether oxygens (including phenoxy) is 2. The van der Waals surface area contributed by atoms with Crippen LogP contribution < -0.4 is 14.9 Å². The maximum Gasteiger partial charge on any atom is 0.272 e. The van der Waals surface area contributed by atoms with Gasteiger partial charge >= 0.3 is 0 Å². The molecule has 0 aliphatic heterocycles. The molecule has 0 heterocycles. The zero-order valence-corrected chi connectivity index (χ0v) is 11.1. The third kappa shape index (κ3) is 5.05. The Labute approximate surface area is 108 Å². The summed E-state index contributed by atoms with van der Waals surface area (Å²) in [7, 11) is 3.49.